The summed E-state index contributed by atoms with van der Waals surface area (Å²) in [5.74, 6) is -2.65. The summed E-state index contributed by atoms with van der Waals surface area (Å²) >= 11 is 0. The maximum absolute atomic E-state index is 14.7. The van der Waals surface area contributed by atoms with Gasteiger partial charge in [0.1, 0.15) is 30.0 Å². The van der Waals surface area contributed by atoms with Gasteiger partial charge in [-0.3, -0.25) is 19.3 Å². The zero-order valence-corrected chi connectivity index (χ0v) is 22.8. The Labute approximate surface area is 236 Å². The first-order valence-electron chi connectivity index (χ1n) is 14.0. The minimum Gasteiger partial charge on any atom is -0.483 e. The van der Waals surface area contributed by atoms with Crippen LogP contribution in [0.25, 0.3) is 0 Å². The van der Waals surface area contributed by atoms with E-state index in [9.17, 15) is 23.2 Å². The number of fused-ring (bicyclic) bond motifs is 2. The third kappa shape index (κ3) is 4.90. The van der Waals surface area contributed by atoms with Crippen LogP contribution in [0.1, 0.15) is 64.6 Å². The summed E-state index contributed by atoms with van der Waals surface area (Å²) in [6, 6.07) is 12.8. The third-order valence-electron chi connectivity index (χ3n) is 8.67. The Hall–Kier alpha value is -4.05. The first kappa shape index (κ1) is 27.1. The van der Waals surface area contributed by atoms with Crippen molar-refractivity contribution in [3.63, 3.8) is 0 Å². The molecule has 3 aromatic rings. The fourth-order valence-corrected chi connectivity index (χ4v) is 6.52. The molecule has 1 aliphatic carbocycles. The monoisotopic (exact) mass is 562 g/mol. The highest BCUT2D eigenvalue weighted by Gasteiger charge is 2.49. The van der Waals surface area contributed by atoms with Gasteiger partial charge >= 0.3 is 0 Å². The van der Waals surface area contributed by atoms with E-state index in [-0.39, 0.29) is 60.4 Å². The zero-order valence-electron chi connectivity index (χ0n) is 22.8. The second-order valence-electron chi connectivity index (χ2n) is 11.2. The number of halogens is 2. The maximum Gasteiger partial charge on any atom is 0.276 e. The van der Waals surface area contributed by atoms with Crippen LogP contribution < -0.4 is 15.9 Å². The quantitative estimate of drug-likeness (QED) is 0.472. The molecule has 1 unspecified atom stereocenters. The molecular formula is C31H32F2N4O4. The number of hydrogen-bond acceptors (Lipinski definition) is 5. The van der Waals surface area contributed by atoms with Crippen LogP contribution in [0.4, 0.5) is 8.78 Å². The van der Waals surface area contributed by atoms with E-state index in [1.54, 1.807) is 9.47 Å². The first-order chi connectivity index (χ1) is 19.7. The molecule has 214 valence electrons. The smallest absolute Gasteiger partial charge is 0.276 e. The largest absolute Gasteiger partial charge is 0.483 e. The number of nitrogens with zero attached hydrogens (tertiary/aromatic N) is 3. The molecular weight excluding hydrogens is 530 g/mol. The molecule has 3 heterocycles. The Kier molecular flexibility index (Phi) is 7.11. The van der Waals surface area contributed by atoms with Crippen LogP contribution >= 0.6 is 0 Å². The molecule has 2 amide bonds. The maximum atomic E-state index is 14.7. The van der Waals surface area contributed by atoms with E-state index in [1.807, 2.05) is 37.3 Å². The number of carbonyl (C=O) groups excluding carboxylic acids is 2. The van der Waals surface area contributed by atoms with E-state index in [0.717, 1.165) is 30.9 Å². The van der Waals surface area contributed by atoms with Crippen LogP contribution in [-0.4, -0.2) is 50.5 Å². The lowest BCUT2D eigenvalue weighted by molar-refractivity contribution is -0.0967. The normalized spacial score (nSPS) is 22.6. The number of hydrogen-bond donors (Lipinski definition) is 1. The Morgan fingerprint density at radius 1 is 1.10 bits per heavy atom. The topological polar surface area (TPSA) is 97.9 Å². The van der Waals surface area contributed by atoms with Gasteiger partial charge in [0.2, 0.25) is 5.43 Å². The molecule has 0 spiro atoms. The Morgan fingerprint density at radius 2 is 1.85 bits per heavy atom. The Balaban J connectivity index is 1.40. The zero-order chi connectivity index (χ0) is 28.8. The number of primary amides is 1. The molecule has 2 fully saturated rings. The van der Waals surface area contributed by atoms with Crippen molar-refractivity contribution in [3.8, 4) is 5.75 Å². The fraction of sp³-hybridized carbons (Fsp3) is 0.387. The van der Waals surface area contributed by atoms with Crippen molar-refractivity contribution in [1.82, 2.24) is 14.4 Å². The second-order valence-corrected chi connectivity index (χ2v) is 11.2. The molecule has 41 heavy (non-hydrogen) atoms. The van der Waals surface area contributed by atoms with Gasteiger partial charge in [0.05, 0.1) is 6.54 Å². The van der Waals surface area contributed by atoms with Gasteiger partial charge in [0.25, 0.3) is 11.8 Å². The van der Waals surface area contributed by atoms with E-state index in [4.69, 9.17) is 10.5 Å². The van der Waals surface area contributed by atoms with Crippen molar-refractivity contribution < 1.29 is 23.1 Å². The molecule has 1 aromatic heterocycles. The number of aromatic nitrogens is 1. The van der Waals surface area contributed by atoms with Crippen molar-refractivity contribution in [2.24, 2.45) is 5.73 Å². The predicted molar refractivity (Wildman–Crippen MR) is 147 cm³/mol. The highest BCUT2D eigenvalue weighted by molar-refractivity contribution is 5.99. The van der Waals surface area contributed by atoms with Crippen LogP contribution in [0.2, 0.25) is 0 Å². The van der Waals surface area contributed by atoms with Gasteiger partial charge in [-0.25, -0.2) is 8.78 Å². The molecule has 10 heteroatoms. The molecule has 0 bridgehead atoms. The van der Waals surface area contributed by atoms with Crippen molar-refractivity contribution >= 4 is 11.8 Å². The van der Waals surface area contributed by atoms with Gasteiger partial charge < -0.3 is 19.9 Å². The van der Waals surface area contributed by atoms with Crippen molar-refractivity contribution in [1.29, 1.82) is 0 Å². The molecule has 2 aliphatic heterocycles. The van der Waals surface area contributed by atoms with E-state index >= 15 is 0 Å². The Morgan fingerprint density at radius 3 is 2.51 bits per heavy atom. The Bertz CT molecular complexity index is 1560. The number of pyridine rings is 1. The number of nitrogens with two attached hydrogens (primary N) is 1. The molecule has 0 radical (unpaired) electrons. The molecule has 3 atom stereocenters. The third-order valence-corrected chi connectivity index (χ3v) is 8.67. The van der Waals surface area contributed by atoms with Crippen molar-refractivity contribution in [2.45, 2.75) is 76.5 Å². The number of rotatable bonds is 7. The van der Waals surface area contributed by atoms with Gasteiger partial charge in [-0.05, 0) is 49.8 Å². The molecule has 1 saturated heterocycles. The fourth-order valence-electron chi connectivity index (χ4n) is 6.52. The van der Waals surface area contributed by atoms with Crippen LogP contribution in [0.5, 0.6) is 5.75 Å². The number of ether oxygens (including phenoxy) is 1. The standard InChI is InChI=1S/C31H32F2N4O4/c1-18-12-23(13-20-10-11-21(32)14-25(20)33)37(22-8-5-9-22)26-16-35-15-24(30(34)39)28(38)29(27(35)31(40)36(18)26)41-17-19-6-3-2-4-7-19/h2-4,6-7,10-11,14-15,18,22-23,26H,5,8-9,12-13,16-17H2,1H3,(H2,34,39)/t18-,23?,26+/m0/s1. The predicted octanol–water partition coefficient (Wildman–Crippen LogP) is 3.84. The van der Waals surface area contributed by atoms with Crippen LogP contribution in [0.3, 0.4) is 0 Å². The van der Waals surface area contributed by atoms with E-state index < -0.39 is 23.0 Å². The highest BCUT2D eigenvalue weighted by atomic mass is 19.1. The van der Waals surface area contributed by atoms with Crippen LogP contribution in [0, 0.1) is 11.6 Å². The molecule has 8 nitrogen and oxygen atoms in total. The van der Waals surface area contributed by atoms with Crippen molar-refractivity contribution in [2.75, 3.05) is 0 Å². The van der Waals surface area contributed by atoms with Gasteiger partial charge in [-0.15, -0.1) is 0 Å². The summed E-state index contributed by atoms with van der Waals surface area (Å²) in [4.78, 5) is 43.9. The highest BCUT2D eigenvalue weighted by Crippen LogP contribution is 2.40. The summed E-state index contributed by atoms with van der Waals surface area (Å²) in [6.45, 7) is 2.27. The molecule has 3 aliphatic rings. The van der Waals surface area contributed by atoms with Gasteiger partial charge in [-0.1, -0.05) is 42.8 Å². The summed E-state index contributed by atoms with van der Waals surface area (Å²) in [5.41, 5.74) is 5.94. The molecule has 2 N–H and O–H groups in total. The summed E-state index contributed by atoms with van der Waals surface area (Å²) in [7, 11) is 0. The van der Waals surface area contributed by atoms with Crippen LogP contribution in [0.15, 0.2) is 59.5 Å². The summed E-state index contributed by atoms with van der Waals surface area (Å²) in [6.07, 6.45) is 4.89. The number of carbonyl (C=O) groups is 2. The van der Waals surface area contributed by atoms with Gasteiger partial charge in [0.15, 0.2) is 11.4 Å². The summed E-state index contributed by atoms with van der Waals surface area (Å²) < 4.78 is 35.9. The lowest BCUT2D eigenvalue weighted by Gasteiger charge is -2.57. The SMILES string of the molecule is C[C@H]1CC(Cc2ccc(F)cc2F)N(C2CCC2)[C@@H]2Cn3cc(C(N)=O)c(=O)c(OCc4ccccc4)c3C(=O)N12. The average Bonchev–Trinajstić information content (AvgIpc) is 2.91. The first-order valence-corrected chi connectivity index (χ1v) is 14.0. The van der Waals surface area contributed by atoms with E-state index in [2.05, 4.69) is 4.90 Å². The number of amides is 2. The van der Waals surface area contributed by atoms with E-state index in [1.165, 1.54) is 18.3 Å². The van der Waals surface area contributed by atoms with Crippen molar-refractivity contribution in [3.05, 3.63) is 99.0 Å². The number of benzene rings is 2. The summed E-state index contributed by atoms with van der Waals surface area (Å²) in [5, 5.41) is 0. The van der Waals surface area contributed by atoms with E-state index in [0.29, 0.717) is 18.4 Å². The molecule has 2 aromatic carbocycles. The molecule has 1 saturated carbocycles. The average molecular weight is 563 g/mol. The lowest BCUT2D eigenvalue weighted by Crippen LogP contribution is -2.69. The minimum absolute atomic E-state index is 0.0388. The molecule has 6 rings (SSSR count). The minimum atomic E-state index is -0.901. The second kappa shape index (κ2) is 10.7. The van der Waals surface area contributed by atoms with Crippen LogP contribution in [-0.2, 0) is 19.6 Å². The van der Waals surface area contributed by atoms with Gasteiger partial charge in [0, 0.05) is 30.4 Å². The lowest BCUT2D eigenvalue weighted by atomic mass is 9.84. The van der Waals surface area contributed by atoms with Gasteiger partial charge in [-0.2, -0.15) is 0 Å².